The van der Waals surface area contributed by atoms with Gasteiger partial charge >= 0.3 is 12.0 Å². The van der Waals surface area contributed by atoms with Crippen molar-refractivity contribution in [3.05, 3.63) is 34.5 Å². The lowest BCUT2D eigenvalue weighted by Crippen LogP contribution is -2.42. The highest BCUT2D eigenvalue weighted by atomic mass is 32.1. The Morgan fingerprint density at radius 3 is 2.64 bits per heavy atom. The van der Waals surface area contributed by atoms with Crippen LogP contribution in [0.4, 0.5) is 9.18 Å². The zero-order chi connectivity index (χ0) is 18.6. The fourth-order valence-electron chi connectivity index (χ4n) is 2.15. The molecule has 0 aliphatic heterocycles. The standard InChI is InChI=1S/C17H19FN2O4S/c1-9(2)7-19-17(23)20-13(21)8-24-16(22)15-10(3)14-11(18)5-4-6-12(14)25-15/h4-6,9H,7-8H2,1-3H3,(H2,19,20,21,23). The third-order valence-electron chi connectivity index (χ3n) is 3.35. The maximum absolute atomic E-state index is 13.9. The first kappa shape index (κ1) is 18.9. The lowest BCUT2D eigenvalue weighted by molar-refractivity contribution is -0.123. The van der Waals surface area contributed by atoms with Crippen LogP contribution in [-0.2, 0) is 9.53 Å². The minimum Gasteiger partial charge on any atom is -0.451 e. The number of benzene rings is 1. The van der Waals surface area contributed by atoms with Crippen LogP contribution in [0.15, 0.2) is 18.2 Å². The smallest absolute Gasteiger partial charge is 0.349 e. The van der Waals surface area contributed by atoms with Crippen molar-refractivity contribution in [1.82, 2.24) is 10.6 Å². The number of thiophene rings is 1. The van der Waals surface area contributed by atoms with Crippen molar-refractivity contribution in [2.45, 2.75) is 20.8 Å². The van der Waals surface area contributed by atoms with Crippen LogP contribution in [0.25, 0.3) is 10.1 Å². The second kappa shape index (κ2) is 8.06. The zero-order valence-electron chi connectivity index (χ0n) is 14.1. The van der Waals surface area contributed by atoms with Crippen LogP contribution in [0, 0.1) is 18.7 Å². The number of nitrogens with one attached hydrogen (secondary N) is 2. The predicted molar refractivity (Wildman–Crippen MR) is 93.2 cm³/mol. The molecule has 0 atom stereocenters. The number of fused-ring (bicyclic) bond motifs is 1. The van der Waals surface area contributed by atoms with Crippen molar-refractivity contribution < 1.29 is 23.5 Å². The minimum atomic E-state index is -0.737. The summed E-state index contributed by atoms with van der Waals surface area (Å²) < 4.78 is 19.4. The molecule has 0 saturated heterocycles. The van der Waals surface area contributed by atoms with Crippen LogP contribution in [0.2, 0.25) is 0 Å². The Kier molecular flexibility index (Phi) is 6.08. The van der Waals surface area contributed by atoms with E-state index in [9.17, 15) is 18.8 Å². The maximum atomic E-state index is 13.9. The summed E-state index contributed by atoms with van der Waals surface area (Å²) in [5, 5.41) is 4.96. The summed E-state index contributed by atoms with van der Waals surface area (Å²) in [5.74, 6) is -1.63. The zero-order valence-corrected chi connectivity index (χ0v) is 15.0. The third-order valence-corrected chi connectivity index (χ3v) is 4.58. The van der Waals surface area contributed by atoms with Gasteiger partial charge in [-0.2, -0.15) is 0 Å². The van der Waals surface area contributed by atoms with Gasteiger partial charge in [-0.3, -0.25) is 10.1 Å². The topological polar surface area (TPSA) is 84.5 Å². The fraction of sp³-hybridized carbons (Fsp3) is 0.353. The van der Waals surface area contributed by atoms with E-state index in [2.05, 4.69) is 10.6 Å². The molecule has 2 rings (SSSR count). The highest BCUT2D eigenvalue weighted by molar-refractivity contribution is 7.21. The molecule has 134 valence electrons. The highest BCUT2D eigenvalue weighted by Gasteiger charge is 2.20. The van der Waals surface area contributed by atoms with E-state index < -0.39 is 30.3 Å². The van der Waals surface area contributed by atoms with Crippen molar-refractivity contribution in [3.63, 3.8) is 0 Å². The fourth-order valence-corrected chi connectivity index (χ4v) is 3.27. The van der Waals surface area contributed by atoms with Gasteiger partial charge in [-0.25, -0.2) is 14.0 Å². The number of carbonyl (C=O) groups excluding carboxylic acids is 3. The third kappa shape index (κ3) is 4.76. The number of amides is 3. The Labute approximate surface area is 148 Å². The number of aryl methyl sites for hydroxylation is 1. The molecular weight excluding hydrogens is 347 g/mol. The molecule has 0 radical (unpaired) electrons. The van der Waals surface area contributed by atoms with E-state index in [0.717, 1.165) is 11.3 Å². The van der Waals surface area contributed by atoms with Gasteiger partial charge in [0.1, 0.15) is 10.7 Å². The predicted octanol–water partition coefficient (Wildman–Crippen LogP) is 2.99. The molecule has 1 aromatic carbocycles. The molecule has 25 heavy (non-hydrogen) atoms. The number of carbonyl (C=O) groups is 3. The number of hydrogen-bond donors (Lipinski definition) is 2. The van der Waals surface area contributed by atoms with Crippen molar-refractivity contribution >= 4 is 39.3 Å². The largest absolute Gasteiger partial charge is 0.451 e. The van der Waals surface area contributed by atoms with Crippen LogP contribution in [0.3, 0.4) is 0 Å². The van der Waals surface area contributed by atoms with E-state index in [1.54, 1.807) is 19.1 Å². The maximum Gasteiger partial charge on any atom is 0.349 e. The molecular formula is C17H19FN2O4S. The quantitative estimate of drug-likeness (QED) is 0.797. The van der Waals surface area contributed by atoms with E-state index in [4.69, 9.17) is 4.74 Å². The second-order valence-corrected chi connectivity index (χ2v) is 6.95. The Hall–Kier alpha value is -2.48. The van der Waals surface area contributed by atoms with Gasteiger partial charge in [-0.1, -0.05) is 19.9 Å². The molecule has 2 aromatic rings. The van der Waals surface area contributed by atoms with Crippen molar-refractivity contribution in [2.24, 2.45) is 5.92 Å². The van der Waals surface area contributed by atoms with Crippen molar-refractivity contribution in [1.29, 1.82) is 0 Å². The van der Waals surface area contributed by atoms with E-state index in [-0.39, 0.29) is 10.8 Å². The molecule has 6 nitrogen and oxygen atoms in total. The lowest BCUT2D eigenvalue weighted by Gasteiger charge is -2.08. The van der Waals surface area contributed by atoms with Crippen LogP contribution in [-0.4, -0.2) is 31.1 Å². The number of esters is 1. The van der Waals surface area contributed by atoms with Gasteiger partial charge in [-0.15, -0.1) is 11.3 Å². The molecule has 0 unspecified atom stereocenters. The van der Waals surface area contributed by atoms with Crippen molar-refractivity contribution in [2.75, 3.05) is 13.2 Å². The molecule has 3 amide bonds. The van der Waals surface area contributed by atoms with Crippen molar-refractivity contribution in [3.8, 4) is 0 Å². The van der Waals surface area contributed by atoms with Gasteiger partial charge in [-0.05, 0) is 30.5 Å². The molecule has 1 heterocycles. The summed E-state index contributed by atoms with van der Waals surface area (Å²) in [4.78, 5) is 35.5. The van der Waals surface area contributed by atoms with Crippen LogP contribution >= 0.6 is 11.3 Å². The number of imide groups is 1. The minimum absolute atomic E-state index is 0.233. The molecule has 1 aromatic heterocycles. The molecule has 0 spiro atoms. The SMILES string of the molecule is Cc1c(C(=O)OCC(=O)NC(=O)NCC(C)C)sc2cccc(F)c12. The number of halogens is 1. The van der Waals surface area contributed by atoms with Gasteiger partial charge in [0.05, 0.1) is 0 Å². The number of rotatable bonds is 5. The first-order valence-electron chi connectivity index (χ1n) is 7.72. The van der Waals surface area contributed by atoms with E-state index in [0.29, 0.717) is 22.2 Å². The van der Waals surface area contributed by atoms with Gasteiger partial charge in [0.15, 0.2) is 6.61 Å². The number of ether oxygens (including phenoxy) is 1. The average Bonchev–Trinajstić information content (AvgIpc) is 2.89. The Morgan fingerprint density at radius 1 is 1.28 bits per heavy atom. The lowest BCUT2D eigenvalue weighted by atomic mass is 10.1. The highest BCUT2D eigenvalue weighted by Crippen LogP contribution is 2.32. The van der Waals surface area contributed by atoms with Gasteiger partial charge < -0.3 is 10.1 Å². The molecule has 0 aliphatic carbocycles. The average molecular weight is 366 g/mol. The van der Waals surface area contributed by atoms with Gasteiger partial charge in [0, 0.05) is 16.6 Å². The summed E-state index contributed by atoms with van der Waals surface area (Å²) in [5.41, 5.74) is 0.471. The molecule has 0 aliphatic rings. The Bertz CT molecular complexity index is 816. The number of urea groups is 1. The van der Waals surface area contributed by atoms with Gasteiger partial charge in [0.25, 0.3) is 5.91 Å². The molecule has 2 N–H and O–H groups in total. The normalized spacial score (nSPS) is 10.8. The van der Waals surface area contributed by atoms with Crippen LogP contribution in [0.5, 0.6) is 0 Å². The van der Waals surface area contributed by atoms with Gasteiger partial charge in [0.2, 0.25) is 0 Å². The molecule has 8 heteroatoms. The summed E-state index contributed by atoms with van der Waals surface area (Å²) in [6.45, 7) is 5.29. The summed E-state index contributed by atoms with van der Waals surface area (Å²) in [6.07, 6.45) is 0. The Morgan fingerprint density at radius 2 is 2.00 bits per heavy atom. The Balaban J connectivity index is 1.94. The van der Waals surface area contributed by atoms with Crippen LogP contribution < -0.4 is 10.6 Å². The molecule has 0 fully saturated rings. The van der Waals surface area contributed by atoms with E-state index in [1.807, 2.05) is 13.8 Å². The molecule has 0 saturated carbocycles. The summed E-state index contributed by atoms with van der Waals surface area (Å²) in [7, 11) is 0. The van der Waals surface area contributed by atoms with Crippen LogP contribution in [0.1, 0.15) is 29.1 Å². The summed E-state index contributed by atoms with van der Waals surface area (Å²) in [6, 6.07) is 3.94. The first-order valence-corrected chi connectivity index (χ1v) is 8.53. The first-order chi connectivity index (χ1) is 11.8. The monoisotopic (exact) mass is 366 g/mol. The number of hydrogen-bond acceptors (Lipinski definition) is 5. The second-order valence-electron chi connectivity index (χ2n) is 5.90. The van der Waals surface area contributed by atoms with E-state index in [1.165, 1.54) is 6.07 Å². The van der Waals surface area contributed by atoms with E-state index >= 15 is 0 Å². The summed E-state index contributed by atoms with van der Waals surface area (Å²) >= 11 is 1.10. The molecule has 0 bridgehead atoms.